The van der Waals surface area contributed by atoms with E-state index < -0.39 is 0 Å². The van der Waals surface area contributed by atoms with Crippen molar-refractivity contribution in [3.8, 4) is 0 Å². The maximum Gasteiger partial charge on any atom is 0.227 e. The molecular formula is C15H17N5O2. The molecule has 0 saturated heterocycles. The normalized spacial score (nSPS) is 16.7. The van der Waals surface area contributed by atoms with E-state index in [9.17, 15) is 9.59 Å². The van der Waals surface area contributed by atoms with Crippen LogP contribution >= 0.6 is 0 Å². The van der Waals surface area contributed by atoms with Crippen LogP contribution in [0.3, 0.4) is 0 Å². The Bertz CT molecular complexity index is 709. The molecular weight excluding hydrogens is 282 g/mol. The Morgan fingerprint density at radius 3 is 2.68 bits per heavy atom. The highest BCUT2D eigenvalue weighted by Crippen LogP contribution is 2.24. The third-order valence-electron chi connectivity index (χ3n) is 3.69. The van der Waals surface area contributed by atoms with Crippen LogP contribution in [0.25, 0.3) is 0 Å². The van der Waals surface area contributed by atoms with Crippen molar-refractivity contribution in [2.75, 3.05) is 10.6 Å². The summed E-state index contributed by atoms with van der Waals surface area (Å²) < 4.78 is 0. The number of nitrogens with one attached hydrogen (secondary N) is 3. The number of aryl methyl sites for hydroxylation is 1. The quantitative estimate of drug-likeness (QED) is 0.799. The summed E-state index contributed by atoms with van der Waals surface area (Å²) in [6.45, 7) is 1.45. The predicted octanol–water partition coefficient (Wildman–Crippen LogP) is 1.51. The molecule has 1 heterocycles. The van der Waals surface area contributed by atoms with Crippen LogP contribution < -0.4 is 10.6 Å². The molecule has 0 radical (unpaired) electrons. The number of anilines is 2. The highest BCUT2D eigenvalue weighted by Gasteiger charge is 2.27. The van der Waals surface area contributed by atoms with Gasteiger partial charge < -0.3 is 10.6 Å². The standard InChI is InChI=1S/C15H17N5O2/c1-9(21)16-11-3-2-4-12(8-11)17-15(22)10-5-6-13-14(7-10)19-20-18-13/h2-4,8,10H,5-7H2,1H3,(H,16,21)(H,17,22)(H,18,19,20). The molecule has 2 aromatic rings. The van der Waals surface area contributed by atoms with Crippen molar-refractivity contribution >= 4 is 23.2 Å². The summed E-state index contributed by atoms with van der Waals surface area (Å²) in [7, 11) is 0. The van der Waals surface area contributed by atoms with E-state index in [4.69, 9.17) is 0 Å². The first kappa shape index (κ1) is 14.2. The Morgan fingerprint density at radius 1 is 1.18 bits per heavy atom. The lowest BCUT2D eigenvalue weighted by Crippen LogP contribution is -2.28. The lowest BCUT2D eigenvalue weighted by molar-refractivity contribution is -0.120. The summed E-state index contributed by atoms with van der Waals surface area (Å²) in [5, 5.41) is 16.3. The fourth-order valence-electron chi connectivity index (χ4n) is 2.63. The number of carbonyl (C=O) groups is 2. The number of carbonyl (C=O) groups excluding carboxylic acids is 2. The van der Waals surface area contributed by atoms with Gasteiger partial charge in [0.05, 0.1) is 11.4 Å². The summed E-state index contributed by atoms with van der Waals surface area (Å²) in [5.41, 5.74) is 3.16. The fraction of sp³-hybridized carbons (Fsp3) is 0.333. The summed E-state index contributed by atoms with van der Waals surface area (Å²) in [5.74, 6) is -0.287. The fourth-order valence-corrected chi connectivity index (χ4v) is 2.63. The number of amides is 2. The molecule has 114 valence electrons. The van der Waals surface area contributed by atoms with Gasteiger partial charge in [-0.15, -0.1) is 0 Å². The van der Waals surface area contributed by atoms with Crippen LogP contribution in [-0.2, 0) is 22.4 Å². The van der Waals surface area contributed by atoms with Crippen LogP contribution in [0.5, 0.6) is 0 Å². The topological polar surface area (TPSA) is 99.8 Å². The van der Waals surface area contributed by atoms with E-state index in [1.165, 1.54) is 6.92 Å². The average Bonchev–Trinajstić information content (AvgIpc) is 2.94. The number of H-pyrrole nitrogens is 1. The van der Waals surface area contributed by atoms with Gasteiger partial charge in [-0.3, -0.25) is 9.59 Å². The molecule has 0 saturated carbocycles. The van der Waals surface area contributed by atoms with Crippen LogP contribution in [-0.4, -0.2) is 27.2 Å². The van der Waals surface area contributed by atoms with E-state index in [0.29, 0.717) is 17.8 Å². The number of fused-ring (bicyclic) bond motifs is 1. The minimum absolute atomic E-state index is 0.0337. The highest BCUT2D eigenvalue weighted by molar-refractivity contribution is 5.94. The second-order valence-electron chi connectivity index (χ2n) is 5.41. The first-order valence-corrected chi connectivity index (χ1v) is 7.19. The second-order valence-corrected chi connectivity index (χ2v) is 5.41. The van der Waals surface area contributed by atoms with E-state index in [2.05, 4.69) is 26.0 Å². The molecule has 0 aliphatic heterocycles. The van der Waals surface area contributed by atoms with Gasteiger partial charge in [0.15, 0.2) is 0 Å². The first-order valence-electron chi connectivity index (χ1n) is 7.19. The molecule has 1 unspecified atom stereocenters. The van der Waals surface area contributed by atoms with Crippen molar-refractivity contribution in [2.24, 2.45) is 5.92 Å². The number of benzene rings is 1. The zero-order valence-corrected chi connectivity index (χ0v) is 12.2. The van der Waals surface area contributed by atoms with Gasteiger partial charge in [0.25, 0.3) is 0 Å². The largest absolute Gasteiger partial charge is 0.326 e. The van der Waals surface area contributed by atoms with Crippen molar-refractivity contribution in [3.05, 3.63) is 35.7 Å². The van der Waals surface area contributed by atoms with Gasteiger partial charge in [-0.05, 0) is 31.0 Å². The molecule has 1 aromatic heterocycles. The predicted molar refractivity (Wildman–Crippen MR) is 81.3 cm³/mol. The van der Waals surface area contributed by atoms with E-state index in [0.717, 1.165) is 24.2 Å². The van der Waals surface area contributed by atoms with Crippen molar-refractivity contribution in [1.29, 1.82) is 0 Å². The third kappa shape index (κ3) is 3.13. The summed E-state index contributed by atoms with van der Waals surface area (Å²) >= 11 is 0. The van der Waals surface area contributed by atoms with Gasteiger partial charge in [-0.1, -0.05) is 6.07 Å². The maximum atomic E-state index is 12.4. The van der Waals surface area contributed by atoms with E-state index in [-0.39, 0.29) is 17.7 Å². The van der Waals surface area contributed by atoms with Crippen LogP contribution in [0.1, 0.15) is 24.7 Å². The lowest BCUT2D eigenvalue weighted by atomic mass is 9.89. The molecule has 7 heteroatoms. The number of hydrogen-bond donors (Lipinski definition) is 3. The number of aromatic amines is 1. The summed E-state index contributed by atoms with van der Waals surface area (Å²) in [4.78, 5) is 23.4. The average molecular weight is 299 g/mol. The number of hydrogen-bond acceptors (Lipinski definition) is 4. The van der Waals surface area contributed by atoms with Crippen molar-refractivity contribution < 1.29 is 9.59 Å². The molecule has 0 fully saturated rings. The van der Waals surface area contributed by atoms with Crippen LogP contribution in [0.4, 0.5) is 11.4 Å². The number of nitrogens with zero attached hydrogens (tertiary/aromatic N) is 2. The monoisotopic (exact) mass is 299 g/mol. The van der Waals surface area contributed by atoms with Crippen molar-refractivity contribution in [2.45, 2.75) is 26.2 Å². The van der Waals surface area contributed by atoms with E-state index >= 15 is 0 Å². The van der Waals surface area contributed by atoms with Crippen LogP contribution in [0.2, 0.25) is 0 Å². The number of aromatic nitrogens is 3. The maximum absolute atomic E-state index is 12.4. The Labute approximate surface area is 127 Å². The van der Waals surface area contributed by atoms with Crippen LogP contribution in [0.15, 0.2) is 24.3 Å². The SMILES string of the molecule is CC(=O)Nc1cccc(NC(=O)C2CCc3n[nH]nc3C2)c1. The van der Waals surface area contributed by atoms with E-state index in [1.807, 2.05) is 0 Å². The van der Waals surface area contributed by atoms with Gasteiger partial charge in [-0.2, -0.15) is 15.4 Å². The third-order valence-corrected chi connectivity index (χ3v) is 3.69. The Morgan fingerprint density at radius 2 is 1.91 bits per heavy atom. The van der Waals surface area contributed by atoms with Crippen molar-refractivity contribution in [1.82, 2.24) is 15.4 Å². The van der Waals surface area contributed by atoms with Gasteiger partial charge in [0, 0.05) is 30.6 Å². The molecule has 22 heavy (non-hydrogen) atoms. The summed E-state index contributed by atoms with van der Waals surface area (Å²) in [6, 6.07) is 7.11. The van der Waals surface area contributed by atoms with E-state index in [1.54, 1.807) is 24.3 Å². The zero-order valence-electron chi connectivity index (χ0n) is 12.2. The molecule has 7 nitrogen and oxygen atoms in total. The summed E-state index contributed by atoms with van der Waals surface area (Å²) in [6.07, 6.45) is 2.12. The minimum atomic E-state index is -0.144. The Hall–Kier alpha value is -2.70. The van der Waals surface area contributed by atoms with Gasteiger partial charge in [0.1, 0.15) is 0 Å². The Balaban J connectivity index is 1.66. The van der Waals surface area contributed by atoms with Crippen molar-refractivity contribution in [3.63, 3.8) is 0 Å². The first-order chi connectivity index (χ1) is 10.6. The Kier molecular flexibility index (Phi) is 3.86. The molecule has 0 spiro atoms. The molecule has 1 atom stereocenters. The van der Waals surface area contributed by atoms with Gasteiger partial charge in [0.2, 0.25) is 11.8 Å². The molecule has 0 bridgehead atoms. The van der Waals surface area contributed by atoms with Gasteiger partial charge in [-0.25, -0.2) is 0 Å². The second kappa shape index (κ2) is 5.97. The minimum Gasteiger partial charge on any atom is -0.326 e. The molecule has 3 rings (SSSR count). The molecule has 1 aliphatic rings. The molecule has 3 N–H and O–H groups in total. The zero-order chi connectivity index (χ0) is 15.5. The highest BCUT2D eigenvalue weighted by atomic mass is 16.2. The smallest absolute Gasteiger partial charge is 0.227 e. The molecule has 1 aliphatic carbocycles. The molecule has 2 amide bonds. The van der Waals surface area contributed by atoms with Crippen LogP contribution in [0, 0.1) is 5.92 Å². The number of rotatable bonds is 3. The molecule has 1 aromatic carbocycles. The lowest BCUT2D eigenvalue weighted by Gasteiger charge is -2.19. The van der Waals surface area contributed by atoms with Gasteiger partial charge >= 0.3 is 0 Å².